The van der Waals surface area contributed by atoms with Gasteiger partial charge in [0.25, 0.3) is 0 Å². The zero-order chi connectivity index (χ0) is 15.4. The van der Waals surface area contributed by atoms with Crippen LogP contribution in [0.3, 0.4) is 0 Å². The van der Waals surface area contributed by atoms with E-state index in [2.05, 4.69) is 39.6 Å². The average molecular weight is 301 g/mol. The molecule has 0 aliphatic carbocycles. The summed E-state index contributed by atoms with van der Waals surface area (Å²) < 4.78 is 0. The predicted octanol–water partition coefficient (Wildman–Crippen LogP) is 2.14. The van der Waals surface area contributed by atoms with Crippen molar-refractivity contribution in [2.24, 2.45) is 11.1 Å². The Bertz CT molecular complexity index is 536. The Balaban J connectivity index is 1.44. The van der Waals surface area contributed by atoms with E-state index in [1.807, 2.05) is 13.0 Å². The van der Waals surface area contributed by atoms with Crippen LogP contribution in [0.4, 0.5) is 0 Å². The molecule has 118 valence electrons. The van der Waals surface area contributed by atoms with E-state index in [9.17, 15) is 4.79 Å². The molecule has 0 saturated carbocycles. The van der Waals surface area contributed by atoms with Crippen LogP contribution in [0.5, 0.6) is 0 Å². The third-order valence-corrected chi connectivity index (χ3v) is 4.30. The summed E-state index contributed by atoms with van der Waals surface area (Å²) in [6.07, 6.45) is 2.58. The number of hydrogen-bond acceptors (Lipinski definition) is 4. The summed E-state index contributed by atoms with van der Waals surface area (Å²) in [4.78, 5) is 19.8. The monoisotopic (exact) mass is 301 g/mol. The van der Waals surface area contributed by atoms with Crippen LogP contribution in [-0.2, 0) is 16.2 Å². The molecule has 0 aromatic heterocycles. The number of nitrogens with zero attached hydrogens (tertiary/aromatic N) is 2. The lowest BCUT2D eigenvalue weighted by molar-refractivity contribution is -0.125. The molecule has 1 unspecified atom stereocenters. The minimum Gasteiger partial charge on any atom is -0.391 e. The van der Waals surface area contributed by atoms with Gasteiger partial charge < -0.3 is 10.2 Å². The second-order valence-corrected chi connectivity index (χ2v) is 6.18. The Morgan fingerprint density at radius 3 is 2.68 bits per heavy atom. The van der Waals surface area contributed by atoms with E-state index in [1.54, 1.807) is 0 Å². The first kappa shape index (κ1) is 15.0. The van der Waals surface area contributed by atoms with E-state index in [-0.39, 0.29) is 17.9 Å². The molecule has 1 fully saturated rings. The lowest BCUT2D eigenvalue weighted by Gasteiger charge is -2.31. The van der Waals surface area contributed by atoms with E-state index in [4.69, 9.17) is 4.84 Å². The third kappa shape index (κ3) is 3.85. The molecule has 0 radical (unpaired) electrons. The van der Waals surface area contributed by atoms with Gasteiger partial charge in [-0.3, -0.25) is 9.69 Å². The lowest BCUT2D eigenvalue weighted by atomic mass is 9.95. The molecule has 1 N–H and O–H groups in total. The standard InChI is InChI=1S/C17H23N3O2/c1-13-11-16(19-22-13)18-17(21)15-7-9-20(10-8-15)12-14-5-3-2-4-6-14/h2-6,13,15H,7-12H2,1H3,(H,18,19,21). The summed E-state index contributed by atoms with van der Waals surface area (Å²) in [6, 6.07) is 10.5. The van der Waals surface area contributed by atoms with Gasteiger partial charge >= 0.3 is 0 Å². The maximum atomic E-state index is 12.3. The number of rotatable bonds is 3. The van der Waals surface area contributed by atoms with Gasteiger partial charge in [-0.1, -0.05) is 35.5 Å². The normalized spacial score (nSPS) is 23.0. The third-order valence-electron chi connectivity index (χ3n) is 4.30. The largest absolute Gasteiger partial charge is 0.391 e. The molecule has 1 amide bonds. The number of benzene rings is 1. The van der Waals surface area contributed by atoms with Crippen molar-refractivity contribution in [1.82, 2.24) is 10.2 Å². The number of likely N-dealkylation sites (tertiary alicyclic amines) is 1. The van der Waals surface area contributed by atoms with Crippen molar-refractivity contribution in [3.63, 3.8) is 0 Å². The topological polar surface area (TPSA) is 53.9 Å². The second kappa shape index (κ2) is 6.92. The minimum absolute atomic E-state index is 0.0722. The van der Waals surface area contributed by atoms with Crippen LogP contribution in [-0.4, -0.2) is 35.8 Å². The van der Waals surface area contributed by atoms with E-state index >= 15 is 0 Å². The first-order chi connectivity index (χ1) is 10.7. The summed E-state index contributed by atoms with van der Waals surface area (Å²) in [5.74, 6) is 0.852. The zero-order valence-electron chi connectivity index (χ0n) is 13.0. The molecule has 22 heavy (non-hydrogen) atoms. The number of oxime groups is 1. The Labute approximate surface area is 131 Å². The molecule has 2 heterocycles. The molecule has 3 rings (SSSR count). The second-order valence-electron chi connectivity index (χ2n) is 6.18. The maximum Gasteiger partial charge on any atom is 0.228 e. The van der Waals surface area contributed by atoms with Gasteiger partial charge in [-0.05, 0) is 38.4 Å². The molecule has 1 atom stereocenters. The highest BCUT2D eigenvalue weighted by molar-refractivity contribution is 5.99. The number of amides is 1. The van der Waals surface area contributed by atoms with Gasteiger partial charge in [0.2, 0.25) is 5.91 Å². The zero-order valence-corrected chi connectivity index (χ0v) is 13.0. The van der Waals surface area contributed by atoms with Crippen LogP contribution < -0.4 is 5.32 Å². The molecule has 0 spiro atoms. The maximum absolute atomic E-state index is 12.3. The van der Waals surface area contributed by atoms with Crippen LogP contribution in [0.2, 0.25) is 0 Å². The van der Waals surface area contributed by atoms with Crippen molar-refractivity contribution in [2.75, 3.05) is 13.1 Å². The fraction of sp³-hybridized carbons (Fsp3) is 0.529. The number of hydrogen-bond donors (Lipinski definition) is 1. The van der Waals surface area contributed by atoms with Crippen LogP contribution in [0.1, 0.15) is 31.7 Å². The van der Waals surface area contributed by atoms with E-state index < -0.39 is 0 Å². The summed E-state index contributed by atoms with van der Waals surface area (Å²) in [6.45, 7) is 4.84. The number of nitrogens with one attached hydrogen (secondary N) is 1. The highest BCUT2D eigenvalue weighted by Gasteiger charge is 2.27. The van der Waals surface area contributed by atoms with Crippen LogP contribution in [0, 0.1) is 5.92 Å². The highest BCUT2D eigenvalue weighted by atomic mass is 16.6. The number of carbonyl (C=O) groups is 1. The average Bonchev–Trinajstić information content (AvgIpc) is 2.94. The summed E-state index contributed by atoms with van der Waals surface area (Å²) in [7, 11) is 0. The smallest absolute Gasteiger partial charge is 0.228 e. The van der Waals surface area contributed by atoms with Gasteiger partial charge in [0.15, 0.2) is 5.84 Å². The quantitative estimate of drug-likeness (QED) is 0.930. The van der Waals surface area contributed by atoms with Crippen molar-refractivity contribution in [2.45, 2.75) is 38.8 Å². The lowest BCUT2D eigenvalue weighted by Crippen LogP contribution is -2.42. The summed E-state index contributed by atoms with van der Waals surface area (Å²) in [5, 5.41) is 6.81. The highest BCUT2D eigenvalue weighted by Crippen LogP contribution is 2.19. The Morgan fingerprint density at radius 1 is 1.32 bits per heavy atom. The minimum atomic E-state index is 0.0722. The van der Waals surface area contributed by atoms with Gasteiger partial charge in [-0.15, -0.1) is 0 Å². The van der Waals surface area contributed by atoms with Crippen molar-refractivity contribution in [3.8, 4) is 0 Å². The Hall–Kier alpha value is -1.88. The molecule has 1 saturated heterocycles. The molecule has 1 aromatic rings. The molecular weight excluding hydrogens is 278 g/mol. The first-order valence-corrected chi connectivity index (χ1v) is 8.00. The number of carbonyl (C=O) groups excluding carboxylic acids is 1. The van der Waals surface area contributed by atoms with Gasteiger partial charge in [-0.25, -0.2) is 0 Å². The van der Waals surface area contributed by atoms with Crippen molar-refractivity contribution in [1.29, 1.82) is 0 Å². The number of piperidine rings is 1. The van der Waals surface area contributed by atoms with Crippen LogP contribution in [0.25, 0.3) is 0 Å². The predicted molar refractivity (Wildman–Crippen MR) is 85.2 cm³/mol. The SMILES string of the molecule is CC1CC(NC(=O)C2CCN(Cc3ccccc3)CC2)=NO1. The van der Waals surface area contributed by atoms with E-state index in [0.717, 1.165) is 32.5 Å². The molecule has 1 aromatic carbocycles. The molecular formula is C17H23N3O2. The van der Waals surface area contributed by atoms with E-state index in [1.165, 1.54) is 5.56 Å². The van der Waals surface area contributed by atoms with Gasteiger partial charge in [0.05, 0.1) is 0 Å². The van der Waals surface area contributed by atoms with Crippen molar-refractivity contribution in [3.05, 3.63) is 35.9 Å². The summed E-state index contributed by atoms with van der Waals surface area (Å²) in [5.41, 5.74) is 1.33. The molecule has 2 aliphatic rings. The van der Waals surface area contributed by atoms with Gasteiger partial charge in [-0.2, -0.15) is 0 Å². The first-order valence-electron chi connectivity index (χ1n) is 8.00. The number of amidine groups is 1. The van der Waals surface area contributed by atoms with Crippen molar-refractivity contribution >= 4 is 11.7 Å². The summed E-state index contributed by atoms with van der Waals surface area (Å²) >= 11 is 0. The van der Waals surface area contributed by atoms with Crippen molar-refractivity contribution < 1.29 is 9.63 Å². The molecule has 2 aliphatic heterocycles. The fourth-order valence-electron chi connectivity index (χ4n) is 3.01. The fourth-order valence-corrected chi connectivity index (χ4v) is 3.01. The van der Waals surface area contributed by atoms with Gasteiger partial charge in [0.1, 0.15) is 6.10 Å². The van der Waals surface area contributed by atoms with E-state index in [0.29, 0.717) is 12.3 Å². The van der Waals surface area contributed by atoms with Crippen LogP contribution in [0.15, 0.2) is 35.5 Å². The molecule has 5 nitrogen and oxygen atoms in total. The molecule has 5 heteroatoms. The Morgan fingerprint density at radius 2 is 2.05 bits per heavy atom. The molecule has 0 bridgehead atoms. The van der Waals surface area contributed by atoms with Gasteiger partial charge in [0, 0.05) is 18.9 Å². The Kier molecular flexibility index (Phi) is 4.73. The van der Waals surface area contributed by atoms with Crippen LogP contribution >= 0.6 is 0 Å².